The number of nitrogens with one attached hydrogen (secondary N) is 1. The summed E-state index contributed by atoms with van der Waals surface area (Å²) in [4.78, 5) is 0. The largest absolute Gasteiger partial charge is 0.309 e. The summed E-state index contributed by atoms with van der Waals surface area (Å²) in [7, 11) is 1.70. The van der Waals surface area contributed by atoms with Gasteiger partial charge in [0.15, 0.2) is 11.6 Å². The van der Waals surface area contributed by atoms with E-state index in [1.165, 1.54) is 6.07 Å². The van der Waals surface area contributed by atoms with Crippen LogP contribution in [-0.2, 0) is 0 Å². The van der Waals surface area contributed by atoms with Gasteiger partial charge in [-0.15, -0.1) is 0 Å². The highest BCUT2D eigenvalue weighted by molar-refractivity contribution is 5.35. The molecule has 1 N–H and O–H groups in total. The van der Waals surface area contributed by atoms with Crippen LogP contribution >= 0.6 is 0 Å². The summed E-state index contributed by atoms with van der Waals surface area (Å²) in [6, 6.07) is 5.54. The van der Waals surface area contributed by atoms with Crippen molar-refractivity contribution in [1.29, 1.82) is 0 Å². The second kappa shape index (κ2) is 5.40. The highest BCUT2D eigenvalue weighted by Crippen LogP contribution is 2.27. The third kappa shape index (κ3) is 2.61. The van der Waals surface area contributed by atoms with Crippen molar-refractivity contribution in [3.63, 3.8) is 0 Å². The lowest BCUT2D eigenvalue weighted by Crippen LogP contribution is -2.21. The molecule has 2 aromatic rings. The smallest absolute Gasteiger partial charge is 0.163 e. The minimum Gasteiger partial charge on any atom is -0.309 e. The molecule has 1 unspecified atom stereocenters. The number of hydrogen-bond donors (Lipinski definition) is 1. The lowest BCUT2D eigenvalue weighted by atomic mass is 9.97. The lowest BCUT2D eigenvalue weighted by Gasteiger charge is -2.19. The van der Waals surface area contributed by atoms with Crippen LogP contribution < -0.4 is 5.32 Å². The molecule has 0 radical (unpaired) electrons. The Labute approximate surface area is 110 Å². The molecule has 0 aliphatic heterocycles. The SMILES string of the molecule is CNC(c1cc(C)nnc1C)c1cccc(F)c1F. The van der Waals surface area contributed by atoms with E-state index in [-0.39, 0.29) is 5.56 Å². The summed E-state index contributed by atoms with van der Waals surface area (Å²) in [5.74, 6) is -1.69. The van der Waals surface area contributed by atoms with Crippen molar-refractivity contribution in [2.75, 3.05) is 7.05 Å². The van der Waals surface area contributed by atoms with E-state index in [9.17, 15) is 8.78 Å². The minimum atomic E-state index is -0.853. The van der Waals surface area contributed by atoms with Gasteiger partial charge in [0.05, 0.1) is 17.4 Å². The van der Waals surface area contributed by atoms with Gasteiger partial charge in [0.1, 0.15) is 0 Å². The number of aryl methyl sites for hydroxylation is 2. The molecule has 100 valence electrons. The van der Waals surface area contributed by atoms with Gasteiger partial charge < -0.3 is 5.32 Å². The molecule has 1 aromatic carbocycles. The van der Waals surface area contributed by atoms with Gasteiger partial charge in [-0.3, -0.25) is 0 Å². The second-order valence-electron chi connectivity index (χ2n) is 4.39. The predicted molar refractivity (Wildman–Crippen MR) is 68.8 cm³/mol. The van der Waals surface area contributed by atoms with Gasteiger partial charge in [-0.1, -0.05) is 12.1 Å². The highest BCUT2D eigenvalue weighted by Gasteiger charge is 2.20. The molecule has 5 heteroatoms. The van der Waals surface area contributed by atoms with E-state index in [1.54, 1.807) is 20.0 Å². The molecule has 3 nitrogen and oxygen atoms in total. The first-order valence-electron chi connectivity index (χ1n) is 5.96. The number of benzene rings is 1. The Bertz CT molecular complexity index is 597. The van der Waals surface area contributed by atoms with Crippen LogP contribution in [0.15, 0.2) is 24.3 Å². The maximum absolute atomic E-state index is 13.9. The Hall–Kier alpha value is -1.88. The van der Waals surface area contributed by atoms with Gasteiger partial charge in [-0.05, 0) is 38.6 Å². The minimum absolute atomic E-state index is 0.262. The van der Waals surface area contributed by atoms with Gasteiger partial charge in [0, 0.05) is 5.56 Å². The van der Waals surface area contributed by atoms with Gasteiger partial charge in [-0.25, -0.2) is 8.78 Å². The lowest BCUT2D eigenvalue weighted by molar-refractivity contribution is 0.486. The fourth-order valence-corrected chi connectivity index (χ4v) is 2.08. The number of hydrogen-bond acceptors (Lipinski definition) is 3. The van der Waals surface area contributed by atoms with Gasteiger partial charge in [0.2, 0.25) is 0 Å². The highest BCUT2D eigenvalue weighted by atomic mass is 19.2. The second-order valence-corrected chi connectivity index (χ2v) is 4.39. The molecule has 0 bridgehead atoms. The Morgan fingerprint density at radius 1 is 1.11 bits per heavy atom. The van der Waals surface area contributed by atoms with Gasteiger partial charge in [0.25, 0.3) is 0 Å². The average Bonchev–Trinajstić information content (AvgIpc) is 2.39. The summed E-state index contributed by atoms with van der Waals surface area (Å²) in [5, 5.41) is 11.0. The fraction of sp³-hybridized carbons (Fsp3) is 0.286. The average molecular weight is 263 g/mol. The number of rotatable bonds is 3. The zero-order valence-corrected chi connectivity index (χ0v) is 11.0. The summed E-state index contributed by atoms with van der Waals surface area (Å²) in [6.07, 6.45) is 0. The van der Waals surface area contributed by atoms with E-state index >= 15 is 0 Å². The third-order valence-corrected chi connectivity index (χ3v) is 3.03. The van der Waals surface area contributed by atoms with Crippen molar-refractivity contribution in [2.45, 2.75) is 19.9 Å². The zero-order valence-electron chi connectivity index (χ0n) is 11.0. The first-order valence-corrected chi connectivity index (χ1v) is 5.96. The standard InChI is InChI=1S/C14H15F2N3/c1-8-7-11(9(2)19-18-8)14(17-3)10-5-4-6-12(15)13(10)16/h4-7,14,17H,1-3H3. The molecule has 1 heterocycles. The van der Waals surface area contributed by atoms with Crippen LogP contribution in [-0.4, -0.2) is 17.2 Å². The summed E-state index contributed by atoms with van der Waals surface area (Å²) in [5.41, 5.74) is 2.48. The molecule has 19 heavy (non-hydrogen) atoms. The summed E-state index contributed by atoms with van der Waals surface area (Å²) < 4.78 is 27.2. The first-order chi connectivity index (χ1) is 9.04. The van der Waals surface area contributed by atoms with E-state index in [4.69, 9.17) is 0 Å². The van der Waals surface area contributed by atoms with Crippen molar-refractivity contribution in [1.82, 2.24) is 15.5 Å². The molecule has 0 amide bonds. The Balaban J connectivity index is 2.56. The Kier molecular flexibility index (Phi) is 3.85. The zero-order chi connectivity index (χ0) is 14.0. The molecule has 0 saturated heterocycles. The molecule has 0 spiro atoms. The maximum Gasteiger partial charge on any atom is 0.163 e. The molecule has 1 aromatic heterocycles. The fourth-order valence-electron chi connectivity index (χ4n) is 2.08. The maximum atomic E-state index is 13.9. The van der Waals surface area contributed by atoms with Crippen LogP contribution in [0.1, 0.15) is 28.6 Å². The van der Waals surface area contributed by atoms with E-state index < -0.39 is 17.7 Å². The van der Waals surface area contributed by atoms with Crippen LogP contribution in [0, 0.1) is 25.5 Å². The van der Waals surface area contributed by atoms with Crippen LogP contribution in [0.2, 0.25) is 0 Å². The van der Waals surface area contributed by atoms with Gasteiger partial charge >= 0.3 is 0 Å². The van der Waals surface area contributed by atoms with E-state index in [0.29, 0.717) is 5.69 Å². The van der Waals surface area contributed by atoms with Crippen molar-refractivity contribution >= 4 is 0 Å². The first kappa shape index (κ1) is 13.5. The molecule has 0 fully saturated rings. The molecule has 0 saturated carbocycles. The van der Waals surface area contributed by atoms with Gasteiger partial charge in [-0.2, -0.15) is 10.2 Å². The topological polar surface area (TPSA) is 37.8 Å². The quantitative estimate of drug-likeness (QED) is 0.925. The Morgan fingerprint density at radius 3 is 2.53 bits per heavy atom. The molecule has 0 aliphatic rings. The van der Waals surface area contributed by atoms with Crippen LogP contribution in [0.3, 0.4) is 0 Å². The predicted octanol–water partition coefficient (Wildman–Crippen LogP) is 2.68. The van der Waals surface area contributed by atoms with Crippen molar-refractivity contribution in [3.05, 3.63) is 58.4 Å². The number of halogens is 2. The number of nitrogens with zero attached hydrogens (tertiary/aromatic N) is 2. The number of aromatic nitrogens is 2. The summed E-state index contributed by atoms with van der Waals surface area (Å²) in [6.45, 7) is 3.61. The van der Waals surface area contributed by atoms with Crippen LogP contribution in [0.4, 0.5) is 8.78 Å². The van der Waals surface area contributed by atoms with Crippen molar-refractivity contribution in [3.8, 4) is 0 Å². The Morgan fingerprint density at radius 2 is 1.84 bits per heavy atom. The van der Waals surface area contributed by atoms with E-state index in [0.717, 1.165) is 17.3 Å². The molecule has 0 aliphatic carbocycles. The normalized spacial score (nSPS) is 12.5. The van der Waals surface area contributed by atoms with E-state index in [2.05, 4.69) is 15.5 Å². The van der Waals surface area contributed by atoms with Crippen molar-refractivity contribution < 1.29 is 8.78 Å². The third-order valence-electron chi connectivity index (χ3n) is 3.03. The van der Waals surface area contributed by atoms with Crippen molar-refractivity contribution in [2.24, 2.45) is 0 Å². The molecule has 1 atom stereocenters. The van der Waals surface area contributed by atoms with Crippen LogP contribution in [0.5, 0.6) is 0 Å². The molecular weight excluding hydrogens is 248 g/mol. The molecule has 2 rings (SSSR count). The molecular formula is C14H15F2N3. The summed E-state index contributed by atoms with van der Waals surface area (Å²) >= 11 is 0. The monoisotopic (exact) mass is 263 g/mol. The van der Waals surface area contributed by atoms with E-state index in [1.807, 2.05) is 13.0 Å². The van der Waals surface area contributed by atoms with Crippen LogP contribution in [0.25, 0.3) is 0 Å².